The molecule has 0 spiro atoms. The van der Waals surface area contributed by atoms with Crippen molar-refractivity contribution in [3.05, 3.63) is 41.4 Å². The Bertz CT molecular complexity index is 1110. The Morgan fingerprint density at radius 3 is 2.53 bits per heavy atom. The highest BCUT2D eigenvalue weighted by atomic mass is 35.5. The molecule has 0 bridgehead atoms. The van der Waals surface area contributed by atoms with Gasteiger partial charge in [-0.2, -0.15) is 4.72 Å². The Kier molecular flexibility index (Phi) is 7.76. The predicted octanol–water partition coefficient (Wildman–Crippen LogP) is 1.78. The van der Waals surface area contributed by atoms with E-state index in [1.54, 1.807) is 42.3 Å². The van der Waals surface area contributed by atoms with Gasteiger partial charge in [0.25, 0.3) is 0 Å². The van der Waals surface area contributed by atoms with E-state index < -0.39 is 16.1 Å². The number of hydrogen-bond acceptors (Lipinski definition) is 5. The highest BCUT2D eigenvalue weighted by Crippen LogP contribution is 2.23. The van der Waals surface area contributed by atoms with Crippen molar-refractivity contribution in [2.75, 3.05) is 47.3 Å². The van der Waals surface area contributed by atoms with Crippen molar-refractivity contribution in [1.29, 1.82) is 0 Å². The molecular weight excluding hydrogens is 452 g/mol. The van der Waals surface area contributed by atoms with E-state index in [9.17, 15) is 18.0 Å². The number of fused-ring (bicyclic) bond motifs is 1. The molecule has 2 aromatic carbocycles. The van der Waals surface area contributed by atoms with Crippen LogP contribution in [0.2, 0.25) is 5.02 Å². The van der Waals surface area contributed by atoms with Crippen molar-refractivity contribution in [2.45, 2.75) is 23.8 Å². The van der Waals surface area contributed by atoms with Crippen molar-refractivity contribution in [3.63, 3.8) is 0 Å². The number of nitrogens with zero attached hydrogens (tertiary/aromatic N) is 3. The lowest BCUT2D eigenvalue weighted by molar-refractivity contribution is -0.142. The second-order valence-electron chi connectivity index (χ2n) is 8.35. The quantitative estimate of drug-likeness (QED) is 0.622. The third-order valence-corrected chi connectivity index (χ3v) is 7.25. The first-order valence-corrected chi connectivity index (χ1v) is 12.3. The number of carbonyl (C=O) groups excluding carboxylic acids is 2. The Morgan fingerprint density at radius 1 is 1.12 bits per heavy atom. The SMILES string of the molecule is CN(C)CCN(C)C(=O)CN1CCCC(NS(=O)(=O)c2ccc3cc(Cl)ccc3c2)C1=O. The molecule has 2 aromatic rings. The van der Waals surface area contributed by atoms with Gasteiger partial charge < -0.3 is 14.7 Å². The van der Waals surface area contributed by atoms with E-state index in [-0.39, 0.29) is 23.3 Å². The minimum atomic E-state index is -3.91. The molecular formula is C22H29ClN4O4S. The number of halogens is 1. The third kappa shape index (κ3) is 5.98. The minimum absolute atomic E-state index is 0.0578. The molecule has 0 saturated carbocycles. The van der Waals surface area contributed by atoms with Gasteiger partial charge in [0.2, 0.25) is 21.8 Å². The number of benzene rings is 2. The van der Waals surface area contributed by atoms with Crippen molar-refractivity contribution in [2.24, 2.45) is 0 Å². The maximum atomic E-state index is 13.0. The number of nitrogens with one attached hydrogen (secondary N) is 1. The molecule has 1 heterocycles. The summed E-state index contributed by atoms with van der Waals surface area (Å²) in [7, 11) is 1.64. The first kappa shape index (κ1) is 24.4. The zero-order chi connectivity index (χ0) is 23.5. The molecule has 1 atom stereocenters. The van der Waals surface area contributed by atoms with Gasteiger partial charge in [-0.25, -0.2) is 8.42 Å². The topological polar surface area (TPSA) is 90.0 Å². The maximum Gasteiger partial charge on any atom is 0.241 e. The number of likely N-dealkylation sites (tertiary alicyclic amines) is 1. The minimum Gasteiger partial charge on any atom is -0.343 e. The summed E-state index contributed by atoms with van der Waals surface area (Å²) in [5.41, 5.74) is 0. The summed E-state index contributed by atoms with van der Waals surface area (Å²) < 4.78 is 28.4. The lowest BCUT2D eigenvalue weighted by Gasteiger charge is -2.33. The monoisotopic (exact) mass is 480 g/mol. The molecule has 0 aromatic heterocycles. The van der Waals surface area contributed by atoms with Crippen molar-refractivity contribution in [1.82, 2.24) is 19.4 Å². The first-order chi connectivity index (χ1) is 15.1. The molecule has 1 saturated heterocycles. The van der Waals surface area contributed by atoms with Gasteiger partial charge in [0.15, 0.2) is 0 Å². The highest BCUT2D eigenvalue weighted by Gasteiger charge is 2.33. The molecule has 10 heteroatoms. The summed E-state index contributed by atoms with van der Waals surface area (Å²) in [6.45, 7) is 1.65. The van der Waals surface area contributed by atoms with E-state index in [4.69, 9.17) is 11.6 Å². The van der Waals surface area contributed by atoms with Crippen LogP contribution in [0, 0.1) is 0 Å². The molecule has 1 fully saturated rings. The average Bonchev–Trinajstić information content (AvgIpc) is 2.74. The Balaban J connectivity index is 1.68. The van der Waals surface area contributed by atoms with Crippen molar-refractivity contribution in [3.8, 4) is 0 Å². The van der Waals surface area contributed by atoms with Gasteiger partial charge in [-0.1, -0.05) is 23.7 Å². The van der Waals surface area contributed by atoms with Crippen LogP contribution in [0.1, 0.15) is 12.8 Å². The fourth-order valence-electron chi connectivity index (χ4n) is 3.58. The van der Waals surface area contributed by atoms with Gasteiger partial charge in [0.05, 0.1) is 11.4 Å². The maximum absolute atomic E-state index is 13.0. The molecule has 1 N–H and O–H groups in total. The van der Waals surface area contributed by atoms with Gasteiger partial charge >= 0.3 is 0 Å². The fraction of sp³-hybridized carbons (Fsp3) is 0.455. The van der Waals surface area contributed by atoms with Crippen LogP contribution >= 0.6 is 11.6 Å². The van der Waals surface area contributed by atoms with E-state index in [1.165, 1.54) is 11.0 Å². The fourth-order valence-corrected chi connectivity index (χ4v) is 5.02. The number of likely N-dealkylation sites (N-methyl/N-ethyl adjacent to an activating group) is 2. The number of rotatable bonds is 8. The van der Waals surface area contributed by atoms with Crippen LogP contribution in [0.15, 0.2) is 41.3 Å². The van der Waals surface area contributed by atoms with Crippen molar-refractivity contribution >= 4 is 44.2 Å². The van der Waals surface area contributed by atoms with Crippen molar-refractivity contribution < 1.29 is 18.0 Å². The number of amides is 2. The van der Waals surface area contributed by atoms with Gasteiger partial charge in [-0.05, 0) is 62.0 Å². The van der Waals surface area contributed by atoms with Crippen LogP contribution < -0.4 is 4.72 Å². The number of piperidine rings is 1. The number of hydrogen-bond donors (Lipinski definition) is 1. The van der Waals surface area contributed by atoms with Crippen LogP contribution in [0.3, 0.4) is 0 Å². The summed E-state index contributed by atoms with van der Waals surface area (Å²) >= 11 is 5.99. The largest absolute Gasteiger partial charge is 0.343 e. The average molecular weight is 481 g/mol. The zero-order valence-electron chi connectivity index (χ0n) is 18.5. The standard InChI is InChI=1S/C22H29ClN4O4S/c1-25(2)11-12-26(3)21(28)15-27-10-4-5-20(22(27)29)24-32(30,31)19-9-7-16-13-18(23)8-6-17(16)14-19/h6-9,13-14,20,24H,4-5,10-12,15H2,1-3H3. The summed E-state index contributed by atoms with van der Waals surface area (Å²) in [6.07, 6.45) is 1.01. The van der Waals surface area contributed by atoms with E-state index in [0.29, 0.717) is 31.0 Å². The second kappa shape index (κ2) is 10.2. The van der Waals surface area contributed by atoms with E-state index >= 15 is 0 Å². The second-order valence-corrected chi connectivity index (χ2v) is 10.5. The van der Waals surface area contributed by atoms with Crippen LogP contribution in [0.5, 0.6) is 0 Å². The lowest BCUT2D eigenvalue weighted by Crippen LogP contribution is -2.54. The molecule has 2 amide bonds. The van der Waals surface area contributed by atoms with E-state index in [2.05, 4.69) is 4.72 Å². The highest BCUT2D eigenvalue weighted by molar-refractivity contribution is 7.89. The predicted molar refractivity (Wildman–Crippen MR) is 125 cm³/mol. The summed E-state index contributed by atoms with van der Waals surface area (Å²) in [5.74, 6) is -0.543. The van der Waals surface area contributed by atoms with E-state index in [0.717, 1.165) is 17.3 Å². The molecule has 8 nitrogen and oxygen atoms in total. The van der Waals surface area contributed by atoms with Crippen LogP contribution in [-0.2, 0) is 19.6 Å². The zero-order valence-corrected chi connectivity index (χ0v) is 20.1. The lowest BCUT2D eigenvalue weighted by atomic mass is 10.1. The number of sulfonamides is 1. The van der Waals surface area contributed by atoms with Gasteiger partial charge in [-0.3, -0.25) is 9.59 Å². The Morgan fingerprint density at radius 2 is 1.81 bits per heavy atom. The third-order valence-electron chi connectivity index (χ3n) is 5.55. The molecule has 3 rings (SSSR count). The molecule has 0 radical (unpaired) electrons. The molecule has 32 heavy (non-hydrogen) atoms. The van der Waals surface area contributed by atoms with Gasteiger partial charge in [0, 0.05) is 31.7 Å². The normalized spacial score (nSPS) is 17.2. The van der Waals surface area contributed by atoms with E-state index in [1.807, 2.05) is 19.0 Å². The van der Waals surface area contributed by atoms with Crippen LogP contribution in [-0.4, -0.2) is 88.3 Å². The van der Waals surface area contributed by atoms with Crippen LogP contribution in [0.4, 0.5) is 0 Å². The molecule has 0 aliphatic carbocycles. The molecule has 1 aliphatic rings. The molecule has 1 unspecified atom stereocenters. The molecule has 174 valence electrons. The van der Waals surface area contributed by atoms with Gasteiger partial charge in [0.1, 0.15) is 6.04 Å². The summed E-state index contributed by atoms with van der Waals surface area (Å²) in [5, 5.41) is 2.13. The Hall–Kier alpha value is -2.20. The Labute approximate surface area is 194 Å². The summed E-state index contributed by atoms with van der Waals surface area (Å²) in [4.78, 5) is 30.5. The number of carbonyl (C=O) groups is 2. The molecule has 1 aliphatic heterocycles. The smallest absolute Gasteiger partial charge is 0.241 e. The van der Waals surface area contributed by atoms with Gasteiger partial charge in [-0.15, -0.1) is 0 Å². The first-order valence-electron chi connectivity index (χ1n) is 10.5. The summed E-state index contributed by atoms with van der Waals surface area (Å²) in [6, 6.07) is 9.06. The van der Waals surface area contributed by atoms with Crippen LogP contribution in [0.25, 0.3) is 10.8 Å².